The van der Waals surface area contributed by atoms with Gasteiger partial charge in [-0.05, 0) is 66.6 Å². The molecule has 4 aromatic rings. The van der Waals surface area contributed by atoms with Crippen LogP contribution in [0.1, 0.15) is 18.1 Å². The second-order valence-electron chi connectivity index (χ2n) is 7.52. The lowest BCUT2D eigenvalue weighted by molar-refractivity contribution is -0.112. The van der Waals surface area contributed by atoms with Crippen LogP contribution in [-0.2, 0) is 11.2 Å². The highest BCUT2D eigenvalue weighted by atomic mass is 16.5. The summed E-state index contributed by atoms with van der Waals surface area (Å²) in [7, 11) is 1.54. The predicted octanol–water partition coefficient (Wildman–Crippen LogP) is 4.60. The van der Waals surface area contributed by atoms with Crippen molar-refractivity contribution in [3.05, 3.63) is 100.0 Å². The second kappa shape index (κ2) is 10.4. The number of ether oxygens (including phenoxy) is 2. The Labute approximate surface area is 201 Å². The minimum absolute atomic E-state index is 0.00422. The number of aryl methyl sites for hydroxylation is 1. The van der Waals surface area contributed by atoms with E-state index in [-0.39, 0.29) is 17.0 Å². The predicted molar refractivity (Wildman–Crippen MR) is 133 cm³/mol. The van der Waals surface area contributed by atoms with Crippen LogP contribution >= 0.6 is 0 Å². The first-order valence-corrected chi connectivity index (χ1v) is 10.9. The average Bonchev–Trinajstić information content (AvgIpc) is 2.89. The van der Waals surface area contributed by atoms with Gasteiger partial charge in [-0.1, -0.05) is 25.1 Å². The molecule has 0 aliphatic carbocycles. The van der Waals surface area contributed by atoms with E-state index in [0.717, 1.165) is 12.0 Å². The molecule has 2 aromatic heterocycles. The Kier molecular flexibility index (Phi) is 6.88. The number of aromatic nitrogens is 2. The number of hydrogen-bond acceptors (Lipinski definition) is 6. The number of benzene rings is 2. The number of nitrogens with one attached hydrogen (secondary N) is 1. The van der Waals surface area contributed by atoms with Gasteiger partial charge >= 0.3 is 0 Å². The van der Waals surface area contributed by atoms with Crippen molar-refractivity contribution in [3.8, 4) is 23.4 Å². The molecular weight excluding hydrogens is 444 g/mol. The van der Waals surface area contributed by atoms with Gasteiger partial charge in [0.2, 0.25) is 5.88 Å². The van der Waals surface area contributed by atoms with Crippen molar-refractivity contribution >= 4 is 23.3 Å². The van der Waals surface area contributed by atoms with Crippen LogP contribution in [0.2, 0.25) is 0 Å². The monoisotopic (exact) mass is 466 g/mol. The fraction of sp³-hybridized carbons (Fsp3) is 0.111. The van der Waals surface area contributed by atoms with Gasteiger partial charge in [0.25, 0.3) is 11.5 Å². The van der Waals surface area contributed by atoms with Gasteiger partial charge in [-0.2, -0.15) is 10.2 Å². The van der Waals surface area contributed by atoms with E-state index < -0.39 is 11.5 Å². The summed E-state index contributed by atoms with van der Waals surface area (Å²) in [5.41, 5.74) is 1.21. The Bertz CT molecular complexity index is 1500. The Morgan fingerprint density at radius 1 is 1.09 bits per heavy atom. The van der Waals surface area contributed by atoms with Gasteiger partial charge in [0.15, 0.2) is 0 Å². The fourth-order valence-corrected chi connectivity index (χ4v) is 3.35. The Hall–Kier alpha value is -4.90. The number of amides is 1. The van der Waals surface area contributed by atoms with Gasteiger partial charge in [-0.25, -0.2) is 0 Å². The zero-order chi connectivity index (χ0) is 24.8. The van der Waals surface area contributed by atoms with E-state index in [1.165, 1.54) is 17.6 Å². The van der Waals surface area contributed by atoms with Gasteiger partial charge in [-0.15, -0.1) is 0 Å². The van der Waals surface area contributed by atoms with E-state index in [2.05, 4.69) is 10.3 Å². The summed E-state index contributed by atoms with van der Waals surface area (Å²) < 4.78 is 12.4. The smallest absolute Gasteiger partial charge is 0.269 e. The summed E-state index contributed by atoms with van der Waals surface area (Å²) in [5.74, 6) is 0.428. The molecule has 1 amide bonds. The van der Waals surface area contributed by atoms with Gasteiger partial charge in [0.05, 0.1) is 7.11 Å². The first kappa shape index (κ1) is 23.3. The molecule has 0 aliphatic heterocycles. The Balaban J connectivity index is 1.75. The summed E-state index contributed by atoms with van der Waals surface area (Å²) in [4.78, 5) is 30.6. The number of fused-ring (bicyclic) bond motifs is 1. The highest BCUT2D eigenvalue weighted by Gasteiger charge is 2.17. The molecule has 2 heterocycles. The number of nitriles is 1. The maximum absolute atomic E-state index is 13.3. The third kappa shape index (κ3) is 5.20. The van der Waals surface area contributed by atoms with E-state index in [0.29, 0.717) is 22.8 Å². The second-order valence-corrected chi connectivity index (χ2v) is 7.52. The largest absolute Gasteiger partial charge is 0.497 e. The summed E-state index contributed by atoms with van der Waals surface area (Å²) in [6.45, 7) is 2.05. The number of anilines is 1. The third-order valence-corrected chi connectivity index (χ3v) is 5.28. The summed E-state index contributed by atoms with van der Waals surface area (Å²) in [5, 5.41) is 12.3. The van der Waals surface area contributed by atoms with E-state index in [1.807, 2.05) is 25.1 Å². The molecule has 0 aliphatic rings. The topological polar surface area (TPSA) is 106 Å². The molecule has 0 spiro atoms. The molecule has 0 bridgehead atoms. The third-order valence-electron chi connectivity index (χ3n) is 5.28. The summed E-state index contributed by atoms with van der Waals surface area (Å²) >= 11 is 0. The van der Waals surface area contributed by atoms with Crippen LogP contribution in [0.15, 0.2) is 83.3 Å². The highest BCUT2D eigenvalue weighted by Crippen LogP contribution is 2.25. The molecule has 0 saturated carbocycles. The summed E-state index contributed by atoms with van der Waals surface area (Å²) in [6, 6.07) is 21.0. The van der Waals surface area contributed by atoms with Crippen molar-refractivity contribution in [2.24, 2.45) is 0 Å². The number of rotatable bonds is 7. The quantitative estimate of drug-likeness (QED) is 0.315. The van der Waals surface area contributed by atoms with E-state index >= 15 is 0 Å². The van der Waals surface area contributed by atoms with Crippen molar-refractivity contribution < 1.29 is 14.3 Å². The molecule has 0 unspecified atom stereocenters. The molecule has 8 nitrogen and oxygen atoms in total. The lowest BCUT2D eigenvalue weighted by Crippen LogP contribution is -2.20. The normalized spacial score (nSPS) is 11.1. The van der Waals surface area contributed by atoms with Gasteiger partial charge < -0.3 is 14.8 Å². The zero-order valence-electron chi connectivity index (χ0n) is 19.2. The Morgan fingerprint density at radius 2 is 1.80 bits per heavy atom. The van der Waals surface area contributed by atoms with Crippen molar-refractivity contribution in [3.63, 3.8) is 0 Å². The SMILES string of the molecule is CCc1ccc(Oc2nc3ccccn3c(=O)c2/C=C(\C#N)C(=O)Nc2ccc(OC)cc2)cc1. The molecule has 0 atom stereocenters. The minimum atomic E-state index is -0.673. The lowest BCUT2D eigenvalue weighted by Gasteiger charge is -2.11. The van der Waals surface area contributed by atoms with Crippen LogP contribution in [-0.4, -0.2) is 22.4 Å². The van der Waals surface area contributed by atoms with Crippen LogP contribution in [0.3, 0.4) is 0 Å². The van der Waals surface area contributed by atoms with E-state index in [9.17, 15) is 14.9 Å². The number of hydrogen-bond donors (Lipinski definition) is 1. The molecule has 8 heteroatoms. The van der Waals surface area contributed by atoms with Gasteiger partial charge in [0.1, 0.15) is 34.4 Å². The standard InChI is InChI=1S/C27H22N4O4/c1-3-18-7-11-22(12-8-18)35-26-23(27(33)31-15-5-4-6-24(31)30-26)16-19(17-28)25(32)29-20-9-13-21(34-2)14-10-20/h4-16H,3H2,1-2H3,(H,29,32)/b19-16+. The molecular formula is C27H22N4O4. The highest BCUT2D eigenvalue weighted by molar-refractivity contribution is 6.09. The molecule has 35 heavy (non-hydrogen) atoms. The van der Waals surface area contributed by atoms with Gasteiger partial charge in [0, 0.05) is 11.9 Å². The molecule has 4 rings (SSSR count). The van der Waals surface area contributed by atoms with Crippen molar-refractivity contribution in [1.29, 1.82) is 5.26 Å². The summed E-state index contributed by atoms with van der Waals surface area (Å²) in [6.07, 6.45) is 3.63. The van der Waals surface area contributed by atoms with Gasteiger partial charge in [-0.3, -0.25) is 14.0 Å². The fourth-order valence-electron chi connectivity index (χ4n) is 3.35. The van der Waals surface area contributed by atoms with E-state index in [1.54, 1.807) is 60.8 Å². The number of nitrogens with zero attached hydrogens (tertiary/aromatic N) is 3. The number of carbonyl (C=O) groups is 1. The van der Waals surface area contributed by atoms with Crippen LogP contribution < -0.4 is 20.3 Å². The number of pyridine rings is 1. The molecule has 0 saturated heterocycles. The van der Waals surface area contributed by atoms with Crippen LogP contribution in [0.5, 0.6) is 17.4 Å². The molecule has 0 radical (unpaired) electrons. The van der Waals surface area contributed by atoms with Crippen LogP contribution in [0, 0.1) is 11.3 Å². The Morgan fingerprint density at radius 3 is 2.46 bits per heavy atom. The van der Waals surface area contributed by atoms with Crippen LogP contribution in [0.4, 0.5) is 5.69 Å². The molecule has 1 N–H and O–H groups in total. The van der Waals surface area contributed by atoms with Crippen molar-refractivity contribution in [2.75, 3.05) is 12.4 Å². The maximum Gasteiger partial charge on any atom is 0.269 e. The number of carbonyl (C=O) groups excluding carboxylic acids is 1. The maximum atomic E-state index is 13.3. The minimum Gasteiger partial charge on any atom is -0.497 e. The average molecular weight is 466 g/mol. The molecule has 0 fully saturated rings. The lowest BCUT2D eigenvalue weighted by atomic mass is 10.1. The first-order valence-electron chi connectivity index (χ1n) is 10.9. The molecule has 2 aromatic carbocycles. The first-order chi connectivity index (χ1) is 17.0. The van der Waals surface area contributed by atoms with Crippen LogP contribution in [0.25, 0.3) is 11.7 Å². The van der Waals surface area contributed by atoms with Crippen molar-refractivity contribution in [2.45, 2.75) is 13.3 Å². The molecule has 174 valence electrons. The zero-order valence-corrected chi connectivity index (χ0v) is 19.2. The number of methoxy groups -OCH3 is 1. The van der Waals surface area contributed by atoms with E-state index in [4.69, 9.17) is 9.47 Å². The van der Waals surface area contributed by atoms with Crippen molar-refractivity contribution in [1.82, 2.24) is 9.38 Å².